The quantitative estimate of drug-likeness (QED) is 0.204. The maximum atomic E-state index is 14.1. The molecule has 2 aromatic heterocycles. The van der Waals surface area contributed by atoms with Crippen molar-refractivity contribution in [1.82, 2.24) is 14.8 Å². The molecule has 0 spiro atoms. The molecule has 11 heteroatoms. The third-order valence-corrected chi connectivity index (χ3v) is 9.25. The van der Waals surface area contributed by atoms with Gasteiger partial charge < -0.3 is 4.90 Å². The number of amides is 1. The molecule has 0 radical (unpaired) electrons. The maximum Gasteiger partial charge on any atom is 0.248 e. The van der Waals surface area contributed by atoms with E-state index < -0.39 is 0 Å². The summed E-state index contributed by atoms with van der Waals surface area (Å²) < 4.78 is 16.2. The molecule has 2 aliphatic heterocycles. The van der Waals surface area contributed by atoms with E-state index in [1.165, 1.54) is 15.8 Å². The first-order chi connectivity index (χ1) is 21.3. The minimum Gasteiger partial charge on any atom is -0.313 e. The zero-order chi connectivity index (χ0) is 31.0. The summed E-state index contributed by atoms with van der Waals surface area (Å²) in [6, 6.07) is 21.6. The molecule has 0 saturated heterocycles. The number of benzene rings is 3. The van der Waals surface area contributed by atoms with Crippen molar-refractivity contribution >= 4 is 57.6 Å². The molecule has 0 saturated carbocycles. The van der Waals surface area contributed by atoms with Crippen molar-refractivity contribution in [2.45, 2.75) is 26.8 Å². The van der Waals surface area contributed by atoms with Gasteiger partial charge in [-0.15, -0.1) is 21.5 Å². The maximum absolute atomic E-state index is 14.1. The van der Waals surface area contributed by atoms with Crippen LogP contribution in [0.1, 0.15) is 45.7 Å². The molecular formula is C33H27Cl2FN6OS. The van der Waals surface area contributed by atoms with Gasteiger partial charge in [0.15, 0.2) is 5.82 Å². The lowest BCUT2D eigenvalue weighted by atomic mass is 10.00. The van der Waals surface area contributed by atoms with Crippen molar-refractivity contribution in [2.75, 3.05) is 18.5 Å². The highest BCUT2D eigenvalue weighted by molar-refractivity contribution is 7.15. The average Bonchev–Trinajstić information content (AvgIpc) is 3.54. The Labute approximate surface area is 268 Å². The molecule has 44 heavy (non-hydrogen) atoms. The molecule has 0 unspecified atom stereocenters. The van der Waals surface area contributed by atoms with Crippen molar-refractivity contribution in [3.8, 4) is 5.00 Å². The number of hydrogen-bond acceptors (Lipinski definition) is 6. The minimum absolute atomic E-state index is 0.0214. The lowest BCUT2D eigenvalue weighted by Crippen LogP contribution is -2.27. The largest absolute Gasteiger partial charge is 0.313 e. The Balaban J connectivity index is 0.000000157. The third kappa shape index (κ3) is 5.58. The summed E-state index contributed by atoms with van der Waals surface area (Å²) in [5.41, 5.74) is 5.15. The minimum atomic E-state index is -0.376. The van der Waals surface area contributed by atoms with Gasteiger partial charge in [0.05, 0.1) is 17.1 Å². The van der Waals surface area contributed by atoms with E-state index in [0.717, 1.165) is 44.9 Å². The summed E-state index contributed by atoms with van der Waals surface area (Å²) >= 11 is 14.3. The molecule has 4 heterocycles. The molecule has 0 atom stereocenters. The molecule has 0 N–H and O–H groups in total. The van der Waals surface area contributed by atoms with E-state index in [4.69, 9.17) is 28.2 Å². The second-order valence-corrected chi connectivity index (χ2v) is 12.1. The molecule has 1 amide bonds. The number of carbonyl (C=O) groups is 1. The molecule has 0 aliphatic carbocycles. The van der Waals surface area contributed by atoms with Gasteiger partial charge in [0, 0.05) is 44.2 Å². The van der Waals surface area contributed by atoms with Crippen molar-refractivity contribution in [3.05, 3.63) is 127 Å². The van der Waals surface area contributed by atoms with E-state index >= 15 is 0 Å². The Kier molecular flexibility index (Phi) is 8.44. The van der Waals surface area contributed by atoms with Gasteiger partial charge in [-0.2, -0.15) is 0 Å². The number of anilines is 1. The Morgan fingerprint density at radius 2 is 1.57 bits per heavy atom. The molecular weight excluding hydrogens is 618 g/mol. The van der Waals surface area contributed by atoms with Crippen LogP contribution in [0.5, 0.6) is 0 Å². The first kappa shape index (κ1) is 29.9. The van der Waals surface area contributed by atoms with Crippen LogP contribution in [0.4, 0.5) is 10.1 Å². The Morgan fingerprint density at radius 1 is 0.864 bits per heavy atom. The number of carbonyl (C=O) groups excluding carboxylic acids is 1. The van der Waals surface area contributed by atoms with Crippen LogP contribution in [0.25, 0.3) is 5.00 Å². The van der Waals surface area contributed by atoms with E-state index in [-0.39, 0.29) is 18.3 Å². The highest BCUT2D eigenvalue weighted by Crippen LogP contribution is 2.34. The van der Waals surface area contributed by atoms with Gasteiger partial charge in [0.1, 0.15) is 29.7 Å². The lowest BCUT2D eigenvalue weighted by Gasteiger charge is -2.18. The monoisotopic (exact) mass is 644 g/mol. The highest BCUT2D eigenvalue weighted by atomic mass is 35.5. The van der Waals surface area contributed by atoms with E-state index in [2.05, 4.69) is 32.7 Å². The van der Waals surface area contributed by atoms with E-state index in [0.29, 0.717) is 34.1 Å². The Bertz CT molecular complexity index is 1960. The van der Waals surface area contributed by atoms with Gasteiger partial charge in [-0.25, -0.2) is 4.39 Å². The average molecular weight is 646 g/mol. The van der Waals surface area contributed by atoms with Gasteiger partial charge >= 0.3 is 0 Å². The summed E-state index contributed by atoms with van der Waals surface area (Å²) in [7, 11) is 1.68. The van der Waals surface area contributed by atoms with Crippen molar-refractivity contribution in [2.24, 2.45) is 9.98 Å². The van der Waals surface area contributed by atoms with Crippen LogP contribution in [0.2, 0.25) is 10.0 Å². The van der Waals surface area contributed by atoms with E-state index in [9.17, 15) is 9.18 Å². The van der Waals surface area contributed by atoms with Crippen LogP contribution < -0.4 is 4.90 Å². The number of benzodiazepines with no additional fused rings is 1. The van der Waals surface area contributed by atoms with Crippen molar-refractivity contribution in [1.29, 1.82) is 0 Å². The number of rotatable bonds is 3. The van der Waals surface area contributed by atoms with Crippen molar-refractivity contribution < 1.29 is 9.18 Å². The summed E-state index contributed by atoms with van der Waals surface area (Å²) in [6.07, 6.45) is 0.990. The van der Waals surface area contributed by atoms with Crippen LogP contribution in [0.3, 0.4) is 0 Å². The van der Waals surface area contributed by atoms with Gasteiger partial charge in [-0.3, -0.25) is 19.3 Å². The fourth-order valence-electron chi connectivity index (χ4n) is 5.18. The van der Waals surface area contributed by atoms with Gasteiger partial charge in [-0.1, -0.05) is 60.5 Å². The van der Waals surface area contributed by atoms with Gasteiger partial charge in [-0.05, 0) is 55.8 Å². The number of aryl methyl sites for hydroxylation is 2. The number of halogens is 3. The highest BCUT2D eigenvalue weighted by Gasteiger charge is 2.26. The predicted octanol–water partition coefficient (Wildman–Crippen LogP) is 7.50. The first-order valence-electron chi connectivity index (χ1n) is 14.0. The van der Waals surface area contributed by atoms with E-state index in [1.807, 2.05) is 31.2 Å². The molecule has 222 valence electrons. The molecule has 0 fully saturated rings. The number of nitrogens with zero attached hydrogens (tertiary/aromatic N) is 6. The van der Waals surface area contributed by atoms with Crippen LogP contribution in [-0.2, 0) is 17.8 Å². The molecule has 0 bridgehead atoms. The van der Waals surface area contributed by atoms with Crippen LogP contribution in [0, 0.1) is 12.7 Å². The number of thiophene rings is 1. The normalized spacial score (nSPS) is 13.9. The number of hydrogen-bond donors (Lipinski definition) is 0. The Hall–Kier alpha value is -4.18. The SMILES string of the molecule is CCc1cc2c(s1)-n1c(C)nnc1CN=C2c1ccccc1Cl.CN1C(=O)CN=C(c2ccccc2F)c2cc(Cl)ccc21. The van der Waals surface area contributed by atoms with E-state index in [1.54, 1.807) is 54.8 Å². The van der Waals surface area contributed by atoms with Gasteiger partial charge in [0.25, 0.3) is 0 Å². The number of aromatic nitrogens is 3. The second-order valence-electron chi connectivity index (χ2n) is 10.2. The standard InChI is InChI=1S/C17H15ClN4S.C16H12ClFN2O/c1-3-11-8-13-16(12-6-4-5-7-14(12)18)19-9-15-21-20-10(2)22(15)17(13)23-11;1-20-14-7-6-10(17)8-12(14)16(19-9-15(20)21)11-4-2-3-5-13(11)18/h4-8H,3,9H2,1-2H3;2-8H,9H2,1H3. The molecule has 2 aliphatic rings. The fourth-order valence-corrected chi connectivity index (χ4v) is 6.74. The molecule has 5 aromatic rings. The number of aliphatic imine (C=N–C) groups is 2. The first-order valence-corrected chi connectivity index (χ1v) is 15.5. The summed E-state index contributed by atoms with van der Waals surface area (Å²) in [6.45, 7) is 4.63. The lowest BCUT2D eigenvalue weighted by molar-refractivity contribution is -0.116. The second kappa shape index (κ2) is 12.4. The zero-order valence-corrected chi connectivity index (χ0v) is 26.5. The number of fused-ring (bicyclic) bond motifs is 4. The van der Waals surface area contributed by atoms with Gasteiger partial charge in [0.2, 0.25) is 5.91 Å². The zero-order valence-electron chi connectivity index (χ0n) is 24.2. The smallest absolute Gasteiger partial charge is 0.248 e. The summed E-state index contributed by atoms with van der Waals surface area (Å²) in [4.78, 5) is 24.0. The Morgan fingerprint density at radius 3 is 2.32 bits per heavy atom. The predicted molar refractivity (Wildman–Crippen MR) is 176 cm³/mol. The molecule has 7 rings (SSSR count). The summed E-state index contributed by atoms with van der Waals surface area (Å²) in [5, 5.41) is 10.9. The molecule has 3 aromatic carbocycles. The van der Waals surface area contributed by atoms with Crippen LogP contribution in [-0.4, -0.2) is 45.7 Å². The van der Waals surface area contributed by atoms with Crippen molar-refractivity contribution in [3.63, 3.8) is 0 Å². The molecule has 7 nitrogen and oxygen atoms in total. The topological polar surface area (TPSA) is 75.7 Å². The third-order valence-electron chi connectivity index (χ3n) is 7.42. The number of likely N-dealkylation sites (N-methyl/N-ethyl adjacent to an activating group) is 1. The van der Waals surface area contributed by atoms with Crippen LogP contribution in [0.15, 0.2) is 82.8 Å². The summed E-state index contributed by atoms with van der Waals surface area (Å²) in [5.74, 6) is 1.24. The fraction of sp³-hybridized carbons (Fsp3) is 0.182. The van der Waals surface area contributed by atoms with Crippen LogP contribution >= 0.6 is 34.5 Å².